The molecule has 0 aliphatic heterocycles. The first-order valence-electron chi connectivity index (χ1n) is 8.34. The summed E-state index contributed by atoms with van der Waals surface area (Å²) < 4.78 is 5.92. The van der Waals surface area contributed by atoms with Crippen LogP contribution in [0.3, 0.4) is 0 Å². The maximum atomic E-state index is 5.92. The number of ether oxygens (including phenoxy) is 1. The largest absolute Gasteiger partial charge is 0.489 e. The zero-order chi connectivity index (χ0) is 16.7. The average molecular weight is 463 g/mol. The second-order valence-electron chi connectivity index (χ2n) is 6.21. The van der Waals surface area contributed by atoms with Crippen molar-refractivity contribution < 1.29 is 4.74 Å². The highest BCUT2D eigenvalue weighted by molar-refractivity contribution is 14.0. The molecule has 136 valence electrons. The predicted octanol–water partition coefficient (Wildman–Crippen LogP) is 3.83. The van der Waals surface area contributed by atoms with Crippen molar-refractivity contribution in [3.8, 4) is 5.75 Å². The highest BCUT2D eigenvalue weighted by Crippen LogP contribution is 2.27. The van der Waals surface area contributed by atoms with Gasteiger partial charge in [0.2, 0.25) is 0 Å². The number of guanidine groups is 1. The second-order valence-corrected chi connectivity index (χ2v) is 7.34. The SMILES string of the molecule is CN=C(NCC(C)Oc1ccc(C)cc1)NC1CCC(SC)C1.I. The second kappa shape index (κ2) is 11.1. The Morgan fingerprint density at radius 1 is 1.33 bits per heavy atom. The monoisotopic (exact) mass is 463 g/mol. The molecule has 0 spiro atoms. The fourth-order valence-corrected chi connectivity index (χ4v) is 3.60. The van der Waals surface area contributed by atoms with Crippen LogP contribution in [0.5, 0.6) is 5.75 Å². The minimum Gasteiger partial charge on any atom is -0.489 e. The van der Waals surface area contributed by atoms with Crippen molar-refractivity contribution in [1.29, 1.82) is 0 Å². The molecule has 1 aromatic rings. The third-order valence-electron chi connectivity index (χ3n) is 4.20. The summed E-state index contributed by atoms with van der Waals surface area (Å²) in [6.07, 6.45) is 6.02. The van der Waals surface area contributed by atoms with Gasteiger partial charge in [-0.15, -0.1) is 24.0 Å². The molecule has 1 aliphatic carbocycles. The van der Waals surface area contributed by atoms with Gasteiger partial charge in [-0.3, -0.25) is 4.99 Å². The summed E-state index contributed by atoms with van der Waals surface area (Å²) >= 11 is 1.97. The van der Waals surface area contributed by atoms with Crippen LogP contribution < -0.4 is 15.4 Å². The Kier molecular flexibility index (Phi) is 9.88. The van der Waals surface area contributed by atoms with Crippen molar-refractivity contribution >= 4 is 41.7 Å². The van der Waals surface area contributed by atoms with Gasteiger partial charge < -0.3 is 15.4 Å². The Balaban J connectivity index is 0.00000288. The van der Waals surface area contributed by atoms with E-state index < -0.39 is 0 Å². The molecule has 0 radical (unpaired) electrons. The molecule has 1 fully saturated rings. The van der Waals surface area contributed by atoms with E-state index in [-0.39, 0.29) is 30.1 Å². The Bertz CT molecular complexity index is 509. The van der Waals surface area contributed by atoms with E-state index in [4.69, 9.17) is 4.74 Å². The van der Waals surface area contributed by atoms with Crippen LogP contribution in [-0.4, -0.2) is 43.2 Å². The Labute approximate surface area is 167 Å². The molecule has 6 heteroatoms. The van der Waals surface area contributed by atoms with E-state index in [9.17, 15) is 0 Å². The van der Waals surface area contributed by atoms with Gasteiger partial charge in [0, 0.05) is 18.3 Å². The third kappa shape index (κ3) is 7.09. The normalized spacial score (nSPS) is 21.8. The zero-order valence-corrected chi connectivity index (χ0v) is 18.2. The summed E-state index contributed by atoms with van der Waals surface area (Å²) in [5, 5.41) is 7.68. The molecular formula is C18H30IN3OS. The molecule has 2 rings (SSSR count). The van der Waals surface area contributed by atoms with Crippen molar-refractivity contribution in [2.24, 2.45) is 4.99 Å². The molecule has 2 N–H and O–H groups in total. The van der Waals surface area contributed by atoms with Gasteiger partial charge in [-0.2, -0.15) is 11.8 Å². The number of benzene rings is 1. The maximum Gasteiger partial charge on any atom is 0.191 e. The lowest BCUT2D eigenvalue weighted by atomic mass is 10.2. The lowest BCUT2D eigenvalue weighted by Crippen LogP contribution is -2.45. The summed E-state index contributed by atoms with van der Waals surface area (Å²) in [5.41, 5.74) is 1.24. The first-order chi connectivity index (χ1) is 11.1. The topological polar surface area (TPSA) is 45.7 Å². The van der Waals surface area contributed by atoms with Gasteiger partial charge in [-0.1, -0.05) is 17.7 Å². The quantitative estimate of drug-likeness (QED) is 0.383. The fraction of sp³-hybridized carbons (Fsp3) is 0.611. The number of nitrogens with zero attached hydrogens (tertiary/aromatic N) is 1. The number of halogens is 1. The lowest BCUT2D eigenvalue weighted by molar-refractivity contribution is 0.223. The molecule has 3 atom stereocenters. The van der Waals surface area contributed by atoms with Crippen molar-refractivity contribution in [2.45, 2.75) is 50.5 Å². The van der Waals surface area contributed by atoms with Gasteiger partial charge in [0.25, 0.3) is 0 Å². The summed E-state index contributed by atoms with van der Waals surface area (Å²) in [4.78, 5) is 4.33. The molecule has 1 aliphatic rings. The molecule has 4 nitrogen and oxygen atoms in total. The van der Waals surface area contributed by atoms with E-state index in [0.29, 0.717) is 6.04 Å². The van der Waals surface area contributed by atoms with Crippen LogP contribution in [0.25, 0.3) is 0 Å². The van der Waals surface area contributed by atoms with E-state index in [1.807, 2.05) is 30.9 Å². The maximum absolute atomic E-state index is 5.92. The standard InChI is InChI=1S/C18H29N3OS.HI/c1-13-5-8-16(9-6-13)22-14(2)12-20-18(19-3)21-15-7-10-17(11-15)23-4;/h5-6,8-9,14-15,17H,7,10-12H2,1-4H3,(H2,19,20,21);1H. The Morgan fingerprint density at radius 2 is 2.04 bits per heavy atom. The first kappa shape index (κ1) is 21.4. The molecular weight excluding hydrogens is 433 g/mol. The average Bonchev–Trinajstić information content (AvgIpc) is 3.01. The van der Waals surface area contributed by atoms with Crippen LogP contribution in [0.15, 0.2) is 29.3 Å². The Morgan fingerprint density at radius 3 is 2.62 bits per heavy atom. The van der Waals surface area contributed by atoms with Crippen LogP contribution >= 0.6 is 35.7 Å². The van der Waals surface area contributed by atoms with Crippen LogP contribution in [0.2, 0.25) is 0 Å². The smallest absolute Gasteiger partial charge is 0.191 e. The summed E-state index contributed by atoms with van der Waals surface area (Å²) in [7, 11) is 1.82. The lowest BCUT2D eigenvalue weighted by Gasteiger charge is -2.20. The van der Waals surface area contributed by atoms with Gasteiger partial charge >= 0.3 is 0 Å². The van der Waals surface area contributed by atoms with Gasteiger partial charge in [-0.25, -0.2) is 0 Å². The molecule has 0 saturated heterocycles. The van der Waals surface area contributed by atoms with E-state index in [1.165, 1.54) is 24.8 Å². The van der Waals surface area contributed by atoms with Gasteiger partial charge in [0.15, 0.2) is 5.96 Å². The molecule has 0 amide bonds. The highest BCUT2D eigenvalue weighted by atomic mass is 127. The number of aliphatic imine (C=N–C) groups is 1. The summed E-state index contributed by atoms with van der Waals surface area (Å²) in [6, 6.07) is 8.70. The minimum atomic E-state index is 0. The number of hydrogen-bond donors (Lipinski definition) is 2. The third-order valence-corrected chi connectivity index (χ3v) is 5.29. The zero-order valence-electron chi connectivity index (χ0n) is 15.0. The summed E-state index contributed by atoms with van der Waals surface area (Å²) in [5.74, 6) is 1.78. The number of rotatable bonds is 6. The van der Waals surface area contributed by atoms with Crippen molar-refractivity contribution in [3.63, 3.8) is 0 Å². The van der Waals surface area contributed by atoms with E-state index in [1.54, 1.807) is 0 Å². The molecule has 0 bridgehead atoms. The van der Waals surface area contributed by atoms with Crippen LogP contribution in [0, 0.1) is 6.92 Å². The van der Waals surface area contributed by atoms with Crippen LogP contribution in [0.1, 0.15) is 31.7 Å². The van der Waals surface area contributed by atoms with E-state index in [2.05, 4.69) is 47.9 Å². The number of nitrogens with one attached hydrogen (secondary N) is 2. The predicted molar refractivity (Wildman–Crippen MR) is 116 cm³/mol. The fourth-order valence-electron chi connectivity index (χ4n) is 2.80. The molecule has 24 heavy (non-hydrogen) atoms. The van der Waals surface area contributed by atoms with Crippen LogP contribution in [0.4, 0.5) is 0 Å². The number of hydrogen-bond acceptors (Lipinski definition) is 3. The van der Waals surface area contributed by atoms with Crippen molar-refractivity contribution in [3.05, 3.63) is 29.8 Å². The number of aryl methyl sites for hydroxylation is 1. The number of thioether (sulfide) groups is 1. The minimum absolute atomic E-state index is 0. The molecule has 0 aromatic heterocycles. The van der Waals surface area contributed by atoms with Gasteiger partial charge in [-0.05, 0) is 51.5 Å². The van der Waals surface area contributed by atoms with E-state index in [0.717, 1.165) is 23.5 Å². The van der Waals surface area contributed by atoms with Gasteiger partial charge in [0.05, 0.1) is 6.54 Å². The van der Waals surface area contributed by atoms with E-state index >= 15 is 0 Å². The van der Waals surface area contributed by atoms with Crippen molar-refractivity contribution in [1.82, 2.24) is 10.6 Å². The summed E-state index contributed by atoms with van der Waals surface area (Å²) in [6.45, 7) is 4.88. The Hall–Kier alpha value is -0.630. The van der Waals surface area contributed by atoms with Crippen molar-refractivity contribution in [2.75, 3.05) is 19.8 Å². The van der Waals surface area contributed by atoms with Gasteiger partial charge in [0.1, 0.15) is 11.9 Å². The molecule has 1 saturated carbocycles. The van der Waals surface area contributed by atoms with Crippen LogP contribution in [-0.2, 0) is 0 Å². The molecule has 1 aromatic carbocycles. The molecule has 3 unspecified atom stereocenters. The molecule has 0 heterocycles. The highest BCUT2D eigenvalue weighted by Gasteiger charge is 2.24. The first-order valence-corrected chi connectivity index (χ1v) is 9.62.